The molecule has 0 radical (unpaired) electrons. The fourth-order valence-corrected chi connectivity index (χ4v) is 3.15. The maximum atomic E-state index is 3.50. The summed E-state index contributed by atoms with van der Waals surface area (Å²) < 4.78 is 0. The molecule has 1 saturated heterocycles. The molecule has 0 saturated carbocycles. The van der Waals surface area contributed by atoms with E-state index >= 15 is 0 Å². The Kier molecular flexibility index (Phi) is 8.58. The zero-order valence-corrected chi connectivity index (χ0v) is 12.5. The maximum absolute atomic E-state index is 3.50. The lowest BCUT2D eigenvalue weighted by Crippen LogP contribution is -2.26. The van der Waals surface area contributed by atoms with E-state index in [4.69, 9.17) is 0 Å². The summed E-state index contributed by atoms with van der Waals surface area (Å²) in [5.41, 5.74) is 0. The van der Waals surface area contributed by atoms with Gasteiger partial charge in [0.1, 0.15) is 0 Å². The number of likely N-dealkylation sites (tertiary alicyclic amines) is 1. The predicted octanol–water partition coefficient (Wildman–Crippen LogP) is 4.45. The van der Waals surface area contributed by atoms with E-state index in [0.717, 1.165) is 5.92 Å². The Morgan fingerprint density at radius 3 is 2.75 bits per heavy atom. The highest BCUT2D eigenvalue weighted by Crippen LogP contribution is 2.22. The van der Waals surface area contributed by atoms with E-state index in [1.165, 1.54) is 76.3 Å². The Hall–Kier alpha value is 0.440. The van der Waals surface area contributed by atoms with Gasteiger partial charge in [-0.3, -0.25) is 0 Å². The second kappa shape index (κ2) is 9.47. The number of hydrogen-bond acceptors (Lipinski definition) is 1. The average molecular weight is 290 g/mol. The second-order valence-corrected chi connectivity index (χ2v) is 5.97. The minimum Gasteiger partial charge on any atom is -0.303 e. The number of alkyl halides is 1. The lowest BCUT2D eigenvalue weighted by Gasteiger charge is -2.19. The molecule has 1 atom stereocenters. The van der Waals surface area contributed by atoms with Gasteiger partial charge in [0.05, 0.1) is 0 Å². The molecule has 0 N–H and O–H groups in total. The Balaban J connectivity index is 2.10. The summed E-state index contributed by atoms with van der Waals surface area (Å²) in [6, 6.07) is 0. The van der Waals surface area contributed by atoms with Gasteiger partial charge in [0.25, 0.3) is 0 Å². The van der Waals surface area contributed by atoms with Crippen LogP contribution in [0.5, 0.6) is 0 Å². The fourth-order valence-electron chi connectivity index (χ4n) is 2.75. The van der Waals surface area contributed by atoms with E-state index in [9.17, 15) is 0 Å². The van der Waals surface area contributed by atoms with Gasteiger partial charge in [-0.1, -0.05) is 42.1 Å². The normalized spacial score (nSPS) is 23.2. The van der Waals surface area contributed by atoms with Crippen LogP contribution in [0.2, 0.25) is 0 Å². The van der Waals surface area contributed by atoms with Crippen LogP contribution in [-0.4, -0.2) is 29.9 Å². The minimum absolute atomic E-state index is 1.03. The van der Waals surface area contributed by atoms with E-state index in [0.29, 0.717) is 0 Å². The van der Waals surface area contributed by atoms with Crippen LogP contribution in [0.3, 0.4) is 0 Å². The summed E-state index contributed by atoms with van der Waals surface area (Å²) in [7, 11) is 0. The van der Waals surface area contributed by atoms with Crippen LogP contribution in [0.25, 0.3) is 0 Å². The molecule has 0 aliphatic carbocycles. The Morgan fingerprint density at radius 1 is 1.12 bits per heavy atom. The van der Waals surface area contributed by atoms with Gasteiger partial charge < -0.3 is 4.90 Å². The minimum atomic E-state index is 1.03. The SMILES string of the molecule is CCCC1CCCN(CCCCCBr)CC1. The van der Waals surface area contributed by atoms with E-state index in [1.807, 2.05) is 0 Å². The van der Waals surface area contributed by atoms with Gasteiger partial charge in [-0.05, 0) is 57.7 Å². The van der Waals surface area contributed by atoms with Gasteiger partial charge in [0, 0.05) is 5.33 Å². The fraction of sp³-hybridized carbons (Fsp3) is 1.00. The molecule has 1 aliphatic heterocycles. The van der Waals surface area contributed by atoms with Crippen molar-refractivity contribution in [3.8, 4) is 0 Å². The van der Waals surface area contributed by atoms with E-state index in [-0.39, 0.29) is 0 Å². The predicted molar refractivity (Wildman–Crippen MR) is 76.3 cm³/mol. The Bertz CT molecular complexity index is 161. The maximum Gasteiger partial charge on any atom is 0.00313 e. The monoisotopic (exact) mass is 289 g/mol. The molecule has 0 aromatic rings. The summed E-state index contributed by atoms with van der Waals surface area (Å²) in [5.74, 6) is 1.03. The number of hydrogen-bond donors (Lipinski definition) is 0. The molecule has 1 aliphatic rings. The van der Waals surface area contributed by atoms with Crippen molar-refractivity contribution in [2.45, 2.75) is 58.3 Å². The molecule has 96 valence electrons. The van der Waals surface area contributed by atoms with Gasteiger partial charge in [0.15, 0.2) is 0 Å². The van der Waals surface area contributed by atoms with Crippen molar-refractivity contribution >= 4 is 15.9 Å². The van der Waals surface area contributed by atoms with E-state index < -0.39 is 0 Å². The van der Waals surface area contributed by atoms with Crippen molar-refractivity contribution in [1.29, 1.82) is 0 Å². The number of unbranched alkanes of at least 4 members (excludes halogenated alkanes) is 2. The first kappa shape index (κ1) is 14.5. The molecule has 0 spiro atoms. The number of nitrogens with zero attached hydrogens (tertiary/aromatic N) is 1. The molecular weight excluding hydrogens is 262 g/mol. The largest absolute Gasteiger partial charge is 0.303 e. The third kappa shape index (κ3) is 6.24. The summed E-state index contributed by atoms with van der Waals surface area (Å²) in [6.45, 7) is 6.38. The highest BCUT2D eigenvalue weighted by Gasteiger charge is 2.15. The standard InChI is InChI=1S/C14H28BrN/c1-2-7-14-8-6-12-16(13-9-14)11-5-3-4-10-15/h14H,2-13H2,1H3. The first-order valence-electron chi connectivity index (χ1n) is 7.15. The van der Waals surface area contributed by atoms with Crippen molar-refractivity contribution in [3.63, 3.8) is 0 Å². The van der Waals surface area contributed by atoms with E-state index in [1.54, 1.807) is 0 Å². The molecule has 16 heavy (non-hydrogen) atoms. The van der Waals surface area contributed by atoms with Crippen LogP contribution in [0.15, 0.2) is 0 Å². The molecule has 1 nitrogen and oxygen atoms in total. The molecule has 2 heteroatoms. The summed E-state index contributed by atoms with van der Waals surface area (Å²) >= 11 is 3.50. The third-order valence-electron chi connectivity index (χ3n) is 3.75. The van der Waals surface area contributed by atoms with Crippen molar-refractivity contribution < 1.29 is 0 Å². The van der Waals surface area contributed by atoms with Crippen LogP contribution in [0.4, 0.5) is 0 Å². The van der Waals surface area contributed by atoms with Crippen LogP contribution < -0.4 is 0 Å². The van der Waals surface area contributed by atoms with E-state index in [2.05, 4.69) is 27.8 Å². The lowest BCUT2D eigenvalue weighted by molar-refractivity contribution is 0.273. The molecule has 0 bridgehead atoms. The van der Waals surface area contributed by atoms with Crippen LogP contribution >= 0.6 is 15.9 Å². The topological polar surface area (TPSA) is 3.24 Å². The molecule has 1 fully saturated rings. The molecule has 1 unspecified atom stereocenters. The van der Waals surface area contributed by atoms with Gasteiger partial charge in [-0.15, -0.1) is 0 Å². The van der Waals surface area contributed by atoms with Crippen molar-refractivity contribution in [2.75, 3.05) is 25.0 Å². The zero-order valence-electron chi connectivity index (χ0n) is 10.9. The first-order valence-corrected chi connectivity index (χ1v) is 8.27. The quantitative estimate of drug-likeness (QED) is 0.494. The lowest BCUT2D eigenvalue weighted by atomic mass is 9.96. The van der Waals surface area contributed by atoms with Crippen molar-refractivity contribution in [2.24, 2.45) is 5.92 Å². The molecule has 1 rings (SSSR count). The van der Waals surface area contributed by atoms with Gasteiger partial charge in [0.2, 0.25) is 0 Å². The van der Waals surface area contributed by atoms with Crippen molar-refractivity contribution in [3.05, 3.63) is 0 Å². The number of rotatable bonds is 7. The molecular formula is C14H28BrN. The summed E-state index contributed by atoms with van der Waals surface area (Å²) in [4.78, 5) is 2.70. The van der Waals surface area contributed by atoms with Gasteiger partial charge >= 0.3 is 0 Å². The Labute approximate surface area is 110 Å². The highest BCUT2D eigenvalue weighted by atomic mass is 79.9. The van der Waals surface area contributed by atoms with Crippen molar-refractivity contribution in [1.82, 2.24) is 4.90 Å². The molecule has 0 amide bonds. The number of halogens is 1. The zero-order chi connectivity index (χ0) is 11.6. The highest BCUT2D eigenvalue weighted by molar-refractivity contribution is 9.09. The summed E-state index contributed by atoms with van der Waals surface area (Å²) in [6.07, 6.45) is 11.3. The van der Waals surface area contributed by atoms with Crippen LogP contribution in [0, 0.1) is 5.92 Å². The Morgan fingerprint density at radius 2 is 2.00 bits per heavy atom. The summed E-state index contributed by atoms with van der Waals surface area (Å²) in [5, 5.41) is 1.17. The average Bonchev–Trinajstić information content (AvgIpc) is 2.51. The molecule has 1 heterocycles. The second-order valence-electron chi connectivity index (χ2n) is 5.18. The van der Waals surface area contributed by atoms with Gasteiger partial charge in [-0.25, -0.2) is 0 Å². The third-order valence-corrected chi connectivity index (χ3v) is 4.31. The van der Waals surface area contributed by atoms with Gasteiger partial charge in [-0.2, -0.15) is 0 Å². The van der Waals surface area contributed by atoms with Crippen LogP contribution in [0.1, 0.15) is 58.3 Å². The molecule has 0 aromatic heterocycles. The van der Waals surface area contributed by atoms with Crippen LogP contribution in [-0.2, 0) is 0 Å². The smallest absolute Gasteiger partial charge is 0.00313 e. The molecule has 0 aromatic carbocycles. The first-order chi connectivity index (χ1) is 7.86.